The van der Waals surface area contributed by atoms with E-state index in [1.807, 2.05) is 18.2 Å². The molecule has 3 nitrogen and oxygen atoms in total. The van der Waals surface area contributed by atoms with E-state index in [0.717, 1.165) is 18.2 Å². The van der Waals surface area contributed by atoms with Crippen molar-refractivity contribution in [2.45, 2.75) is 31.8 Å². The molecule has 0 saturated heterocycles. The molecular weight excluding hydrogens is 198 g/mol. The number of nitrogens with two attached hydrogens (primary N) is 1. The quantitative estimate of drug-likeness (QED) is 0.598. The molecule has 0 unspecified atom stereocenters. The maximum Gasteiger partial charge on any atom is 0.122 e. The molecular formula is C13H19N3. The van der Waals surface area contributed by atoms with E-state index >= 15 is 0 Å². The number of nitrogens with zero attached hydrogens (tertiary/aromatic N) is 1. The Hall–Kier alpha value is -1.35. The maximum atomic E-state index is 7.41. The van der Waals surface area contributed by atoms with Gasteiger partial charge in [-0.2, -0.15) is 0 Å². The van der Waals surface area contributed by atoms with Crippen LogP contribution in [-0.4, -0.2) is 23.8 Å². The second-order valence-corrected chi connectivity index (χ2v) is 4.61. The van der Waals surface area contributed by atoms with E-state index in [2.05, 4.69) is 18.0 Å². The fourth-order valence-corrected chi connectivity index (χ4v) is 2.08. The Morgan fingerprint density at radius 3 is 2.81 bits per heavy atom. The number of rotatable bonds is 4. The van der Waals surface area contributed by atoms with Crippen LogP contribution in [0.15, 0.2) is 24.3 Å². The van der Waals surface area contributed by atoms with Crippen LogP contribution in [0.4, 0.5) is 0 Å². The van der Waals surface area contributed by atoms with Gasteiger partial charge in [-0.3, -0.25) is 10.3 Å². The minimum Gasteiger partial charge on any atom is -0.384 e. The maximum absolute atomic E-state index is 7.41. The Morgan fingerprint density at radius 2 is 2.25 bits per heavy atom. The summed E-state index contributed by atoms with van der Waals surface area (Å²) in [6, 6.07) is 8.72. The van der Waals surface area contributed by atoms with Crippen molar-refractivity contribution in [3.05, 3.63) is 35.4 Å². The summed E-state index contributed by atoms with van der Waals surface area (Å²) in [6.45, 7) is 0.950. The van der Waals surface area contributed by atoms with E-state index in [4.69, 9.17) is 11.1 Å². The highest BCUT2D eigenvalue weighted by molar-refractivity contribution is 5.95. The lowest BCUT2D eigenvalue weighted by molar-refractivity contribution is 0.152. The highest BCUT2D eigenvalue weighted by atomic mass is 15.1. The van der Waals surface area contributed by atoms with E-state index in [1.165, 1.54) is 24.8 Å². The number of hydrogen-bond donors (Lipinski definition) is 2. The van der Waals surface area contributed by atoms with Crippen LogP contribution < -0.4 is 5.73 Å². The van der Waals surface area contributed by atoms with Crippen molar-refractivity contribution < 1.29 is 0 Å². The van der Waals surface area contributed by atoms with Gasteiger partial charge in [0.15, 0.2) is 0 Å². The van der Waals surface area contributed by atoms with E-state index in [0.29, 0.717) is 0 Å². The highest BCUT2D eigenvalue weighted by Gasteiger charge is 2.21. The second-order valence-electron chi connectivity index (χ2n) is 4.61. The van der Waals surface area contributed by atoms with Gasteiger partial charge in [-0.1, -0.05) is 24.6 Å². The molecule has 0 radical (unpaired) electrons. The summed E-state index contributed by atoms with van der Waals surface area (Å²) in [7, 11) is 2.17. The van der Waals surface area contributed by atoms with Gasteiger partial charge in [-0.15, -0.1) is 0 Å². The third kappa shape index (κ3) is 2.42. The predicted molar refractivity (Wildman–Crippen MR) is 66.6 cm³/mol. The average Bonchev–Trinajstić information content (AvgIpc) is 2.15. The van der Waals surface area contributed by atoms with Crippen LogP contribution in [0, 0.1) is 5.41 Å². The van der Waals surface area contributed by atoms with E-state index < -0.39 is 0 Å². The van der Waals surface area contributed by atoms with Crippen LogP contribution in [0.1, 0.15) is 30.4 Å². The molecule has 1 saturated carbocycles. The van der Waals surface area contributed by atoms with Crippen LogP contribution in [-0.2, 0) is 6.54 Å². The Balaban J connectivity index is 2.02. The summed E-state index contributed by atoms with van der Waals surface area (Å²) in [5.41, 5.74) is 7.54. The third-order valence-electron chi connectivity index (χ3n) is 3.37. The Bertz CT molecular complexity index is 383. The first kappa shape index (κ1) is 11.1. The molecule has 0 bridgehead atoms. The van der Waals surface area contributed by atoms with Crippen molar-refractivity contribution in [3.63, 3.8) is 0 Å². The molecule has 0 heterocycles. The standard InChI is InChI=1S/C13H19N3/c1-16(12-6-3-7-12)9-10-4-2-5-11(8-10)13(14)15/h2,4-5,8,12H,3,6-7,9H2,1H3,(H3,14,15). The van der Waals surface area contributed by atoms with Gasteiger partial charge in [0.25, 0.3) is 0 Å². The number of benzene rings is 1. The molecule has 0 amide bonds. The van der Waals surface area contributed by atoms with Crippen LogP contribution in [0.25, 0.3) is 0 Å². The van der Waals surface area contributed by atoms with Crippen molar-refractivity contribution >= 4 is 5.84 Å². The largest absolute Gasteiger partial charge is 0.384 e. The Kier molecular flexibility index (Phi) is 3.25. The lowest BCUT2D eigenvalue weighted by Crippen LogP contribution is -2.36. The zero-order valence-electron chi connectivity index (χ0n) is 9.74. The fraction of sp³-hybridized carbons (Fsp3) is 0.462. The van der Waals surface area contributed by atoms with Crippen LogP contribution >= 0.6 is 0 Å². The lowest BCUT2D eigenvalue weighted by Gasteiger charge is -2.34. The molecule has 3 heteroatoms. The molecule has 0 atom stereocenters. The van der Waals surface area contributed by atoms with Crippen LogP contribution in [0.3, 0.4) is 0 Å². The molecule has 1 aromatic carbocycles. The number of hydrogen-bond acceptors (Lipinski definition) is 2. The fourth-order valence-electron chi connectivity index (χ4n) is 2.08. The molecule has 1 aliphatic rings. The minimum atomic E-state index is 0.146. The highest BCUT2D eigenvalue weighted by Crippen LogP contribution is 2.24. The van der Waals surface area contributed by atoms with Gasteiger partial charge >= 0.3 is 0 Å². The number of nitrogens with one attached hydrogen (secondary N) is 1. The second kappa shape index (κ2) is 4.66. The first-order valence-electron chi connectivity index (χ1n) is 5.80. The van der Waals surface area contributed by atoms with Crippen LogP contribution in [0.2, 0.25) is 0 Å². The van der Waals surface area contributed by atoms with Crippen molar-refractivity contribution in [3.8, 4) is 0 Å². The van der Waals surface area contributed by atoms with Gasteiger partial charge in [0.1, 0.15) is 5.84 Å². The van der Waals surface area contributed by atoms with Crippen molar-refractivity contribution in [1.82, 2.24) is 4.90 Å². The van der Waals surface area contributed by atoms with Crippen molar-refractivity contribution in [2.24, 2.45) is 5.73 Å². The van der Waals surface area contributed by atoms with Gasteiger partial charge in [0, 0.05) is 18.2 Å². The predicted octanol–water partition coefficient (Wildman–Crippen LogP) is 1.95. The summed E-state index contributed by atoms with van der Waals surface area (Å²) in [5, 5.41) is 7.41. The van der Waals surface area contributed by atoms with Gasteiger partial charge in [-0.05, 0) is 31.5 Å². The molecule has 0 aromatic heterocycles. The zero-order chi connectivity index (χ0) is 11.5. The summed E-state index contributed by atoms with van der Waals surface area (Å²) in [6.07, 6.45) is 4.01. The van der Waals surface area contributed by atoms with Gasteiger partial charge in [0.05, 0.1) is 0 Å². The monoisotopic (exact) mass is 217 g/mol. The molecule has 16 heavy (non-hydrogen) atoms. The summed E-state index contributed by atoms with van der Waals surface area (Å²) in [5.74, 6) is 0.146. The summed E-state index contributed by atoms with van der Waals surface area (Å²) < 4.78 is 0. The van der Waals surface area contributed by atoms with E-state index in [1.54, 1.807) is 0 Å². The molecule has 86 valence electrons. The molecule has 0 aliphatic heterocycles. The zero-order valence-corrected chi connectivity index (χ0v) is 9.74. The molecule has 0 spiro atoms. The SMILES string of the molecule is CN(Cc1cccc(C(=N)N)c1)C1CCC1. The number of amidine groups is 1. The normalized spacial score (nSPS) is 16.1. The van der Waals surface area contributed by atoms with Gasteiger partial charge < -0.3 is 5.73 Å². The van der Waals surface area contributed by atoms with Crippen molar-refractivity contribution in [2.75, 3.05) is 7.05 Å². The molecule has 3 N–H and O–H groups in total. The van der Waals surface area contributed by atoms with Crippen LogP contribution in [0.5, 0.6) is 0 Å². The molecule has 1 aliphatic carbocycles. The van der Waals surface area contributed by atoms with E-state index in [9.17, 15) is 0 Å². The first-order chi connectivity index (χ1) is 7.66. The summed E-state index contributed by atoms with van der Waals surface area (Å²) >= 11 is 0. The van der Waals surface area contributed by atoms with Crippen molar-refractivity contribution in [1.29, 1.82) is 5.41 Å². The third-order valence-corrected chi connectivity index (χ3v) is 3.37. The minimum absolute atomic E-state index is 0.146. The van der Waals surface area contributed by atoms with Gasteiger partial charge in [-0.25, -0.2) is 0 Å². The topological polar surface area (TPSA) is 53.1 Å². The molecule has 1 fully saturated rings. The van der Waals surface area contributed by atoms with E-state index in [-0.39, 0.29) is 5.84 Å². The lowest BCUT2D eigenvalue weighted by atomic mass is 9.91. The smallest absolute Gasteiger partial charge is 0.122 e. The molecule has 2 rings (SSSR count). The Labute approximate surface area is 96.8 Å². The summed E-state index contributed by atoms with van der Waals surface area (Å²) in [4.78, 5) is 2.39. The number of nitrogen functional groups attached to an aromatic ring is 1. The van der Waals surface area contributed by atoms with Gasteiger partial charge in [0.2, 0.25) is 0 Å². The average molecular weight is 217 g/mol. The molecule has 1 aromatic rings. The Morgan fingerprint density at radius 1 is 1.50 bits per heavy atom. The first-order valence-corrected chi connectivity index (χ1v) is 5.80.